The van der Waals surface area contributed by atoms with Crippen LogP contribution in [0.2, 0.25) is 0 Å². The average Bonchev–Trinajstić information content (AvgIpc) is 2.64. The summed E-state index contributed by atoms with van der Waals surface area (Å²) in [5.41, 5.74) is 0.485. The van der Waals surface area contributed by atoms with Crippen molar-refractivity contribution in [3.05, 3.63) is 11.4 Å². The van der Waals surface area contributed by atoms with Gasteiger partial charge >= 0.3 is 0 Å². The molecular weight excluding hydrogens is 323 g/mol. The summed E-state index contributed by atoms with van der Waals surface area (Å²) in [7, 11) is -4.47. The summed E-state index contributed by atoms with van der Waals surface area (Å²) < 4.78 is 17.8. The average molecular weight is 359 g/mol. The van der Waals surface area contributed by atoms with Gasteiger partial charge in [0, 0.05) is 0 Å². The lowest BCUT2D eigenvalue weighted by atomic mass is 9.59. The first-order valence-electron chi connectivity index (χ1n) is 8.74. The highest BCUT2D eigenvalue weighted by atomic mass is 31.2. The molecule has 5 heteroatoms. The van der Waals surface area contributed by atoms with Crippen LogP contribution in [0.5, 0.6) is 0 Å². The molecule has 0 aromatic heterocycles. The first kappa shape index (κ1) is 21.9. The molecular formula is C19H36O4P-. The molecule has 142 valence electrons. The molecule has 0 saturated carbocycles. The van der Waals surface area contributed by atoms with Crippen LogP contribution in [0.4, 0.5) is 0 Å². The van der Waals surface area contributed by atoms with E-state index in [0.29, 0.717) is 5.57 Å². The van der Waals surface area contributed by atoms with Crippen molar-refractivity contribution in [3.8, 4) is 0 Å². The van der Waals surface area contributed by atoms with E-state index in [2.05, 4.69) is 62.3 Å². The van der Waals surface area contributed by atoms with E-state index in [1.807, 2.05) is 0 Å². The van der Waals surface area contributed by atoms with Crippen molar-refractivity contribution in [2.75, 3.05) is 0 Å². The van der Waals surface area contributed by atoms with Crippen LogP contribution in [0.3, 0.4) is 0 Å². The normalized spacial score (nSPS) is 32.8. The number of rotatable bonds is 2. The molecule has 1 aliphatic rings. The van der Waals surface area contributed by atoms with E-state index in [4.69, 9.17) is 4.74 Å². The van der Waals surface area contributed by atoms with Crippen molar-refractivity contribution in [1.82, 2.24) is 0 Å². The van der Waals surface area contributed by atoms with Gasteiger partial charge in [0.15, 0.2) is 7.60 Å². The van der Waals surface area contributed by atoms with E-state index in [1.165, 1.54) is 0 Å². The highest BCUT2D eigenvalue weighted by Gasteiger charge is 2.56. The maximum absolute atomic E-state index is 11.4. The highest BCUT2D eigenvalue weighted by molar-refractivity contribution is 7.53. The lowest BCUT2D eigenvalue weighted by Gasteiger charge is -2.44. The Morgan fingerprint density at radius 2 is 1.38 bits per heavy atom. The van der Waals surface area contributed by atoms with Crippen molar-refractivity contribution in [3.63, 3.8) is 0 Å². The first-order chi connectivity index (χ1) is 10.4. The smallest absolute Gasteiger partial charge is 0.155 e. The van der Waals surface area contributed by atoms with Crippen molar-refractivity contribution < 1.29 is 19.1 Å². The molecule has 24 heavy (non-hydrogen) atoms. The summed E-state index contributed by atoms with van der Waals surface area (Å²) in [4.78, 5) is 20.6. The van der Waals surface area contributed by atoms with Crippen LogP contribution in [0.25, 0.3) is 0 Å². The molecule has 0 amide bonds. The number of hydrogen-bond donors (Lipinski definition) is 1. The van der Waals surface area contributed by atoms with E-state index in [1.54, 1.807) is 6.92 Å². The zero-order chi connectivity index (χ0) is 19.3. The molecule has 5 atom stereocenters. The van der Waals surface area contributed by atoms with Crippen molar-refractivity contribution in [2.24, 2.45) is 28.1 Å². The van der Waals surface area contributed by atoms with E-state index in [-0.39, 0.29) is 40.3 Å². The third kappa shape index (κ3) is 5.17. The molecule has 2 unspecified atom stereocenters. The Labute approximate surface area is 148 Å². The Morgan fingerprint density at radius 1 is 0.958 bits per heavy atom. The van der Waals surface area contributed by atoms with Gasteiger partial charge in [-0.25, -0.2) is 0 Å². The van der Waals surface area contributed by atoms with Gasteiger partial charge in [0.05, 0.1) is 12.2 Å². The van der Waals surface area contributed by atoms with Crippen LogP contribution < -0.4 is 4.89 Å². The number of hydrogen-bond acceptors (Lipinski definition) is 3. The molecule has 1 rings (SSSR count). The van der Waals surface area contributed by atoms with Crippen LogP contribution in [-0.2, 0) is 9.30 Å². The maximum Gasteiger partial charge on any atom is 0.155 e. The predicted molar refractivity (Wildman–Crippen MR) is 97.6 cm³/mol. The molecule has 0 radical (unpaired) electrons. The van der Waals surface area contributed by atoms with E-state index >= 15 is 0 Å². The standard InChI is InChI=1S/C19H37O4P/c1-12(11-24(20,21)22)15-13(17(2,3)4)14(18(5,6)7)16(23-15)19(8,9)10/h11,13-16H,1-10H3,(H2,20,21,22)/p-1/b12-11+/t13?,14-,15+,16+/m0/s1. The van der Waals surface area contributed by atoms with Gasteiger partial charge in [0.2, 0.25) is 0 Å². The van der Waals surface area contributed by atoms with Gasteiger partial charge in [-0.2, -0.15) is 0 Å². The summed E-state index contributed by atoms with van der Waals surface area (Å²) >= 11 is 0. The Balaban J connectivity index is 3.50. The van der Waals surface area contributed by atoms with E-state index in [0.717, 1.165) is 5.82 Å². The van der Waals surface area contributed by atoms with Crippen molar-refractivity contribution >= 4 is 7.60 Å². The van der Waals surface area contributed by atoms with Gasteiger partial charge in [0.25, 0.3) is 0 Å². The summed E-state index contributed by atoms with van der Waals surface area (Å²) in [6.07, 6.45) is -0.298. The summed E-state index contributed by atoms with van der Waals surface area (Å²) in [6, 6.07) is 0. The van der Waals surface area contributed by atoms with Crippen molar-refractivity contribution in [1.29, 1.82) is 0 Å². The molecule has 0 aromatic carbocycles. The zero-order valence-electron chi connectivity index (χ0n) is 17.0. The molecule has 1 N–H and O–H groups in total. The van der Waals surface area contributed by atoms with Crippen LogP contribution in [0.1, 0.15) is 69.2 Å². The lowest BCUT2D eigenvalue weighted by molar-refractivity contribution is -0.189. The van der Waals surface area contributed by atoms with Crippen LogP contribution in [0.15, 0.2) is 11.4 Å². The zero-order valence-corrected chi connectivity index (χ0v) is 17.9. The third-order valence-corrected chi connectivity index (χ3v) is 5.74. The molecule has 0 spiro atoms. The molecule has 0 bridgehead atoms. The highest BCUT2D eigenvalue weighted by Crippen LogP contribution is 2.56. The predicted octanol–water partition coefficient (Wildman–Crippen LogP) is 4.57. The summed E-state index contributed by atoms with van der Waals surface area (Å²) in [6.45, 7) is 21.5. The van der Waals surface area contributed by atoms with E-state index in [9.17, 15) is 14.4 Å². The van der Waals surface area contributed by atoms with Gasteiger partial charge in [-0.15, -0.1) is 0 Å². The second-order valence-corrected chi connectivity index (χ2v) is 12.0. The Hall–Kier alpha value is -0.150. The van der Waals surface area contributed by atoms with Gasteiger partial charge in [-0.1, -0.05) is 62.3 Å². The number of ether oxygens (including phenoxy) is 1. The topological polar surface area (TPSA) is 69.6 Å². The minimum Gasteiger partial charge on any atom is -0.776 e. The van der Waals surface area contributed by atoms with Gasteiger partial charge in [-0.05, 0) is 46.4 Å². The van der Waals surface area contributed by atoms with Gasteiger partial charge < -0.3 is 19.1 Å². The lowest BCUT2D eigenvalue weighted by Crippen LogP contribution is -2.44. The maximum atomic E-state index is 11.4. The quantitative estimate of drug-likeness (QED) is 0.733. The molecule has 1 heterocycles. The van der Waals surface area contributed by atoms with Gasteiger partial charge in [-0.3, -0.25) is 0 Å². The second-order valence-electron chi connectivity index (χ2n) is 10.6. The SMILES string of the molecule is C/C(=C\P(=O)([O-])O)[C@H]1O[C@@H](C(C)(C)C)[C@@H](C(C)(C)C)C1C(C)(C)C. The largest absolute Gasteiger partial charge is 0.776 e. The summed E-state index contributed by atoms with van der Waals surface area (Å²) in [5.74, 6) is 1.40. The fourth-order valence-corrected chi connectivity index (χ4v) is 4.82. The van der Waals surface area contributed by atoms with E-state index < -0.39 is 7.60 Å². The molecule has 1 fully saturated rings. The Morgan fingerprint density at radius 3 is 1.67 bits per heavy atom. The van der Waals surface area contributed by atoms with Gasteiger partial charge in [0.1, 0.15) is 0 Å². The molecule has 1 aliphatic heterocycles. The molecule has 0 aromatic rings. The molecule has 1 saturated heterocycles. The minimum atomic E-state index is -4.47. The Bertz CT molecular complexity index is 525. The minimum absolute atomic E-state index is 0.0137. The first-order valence-corrected chi connectivity index (χ1v) is 10.4. The molecule has 0 aliphatic carbocycles. The second kappa shape index (κ2) is 6.54. The van der Waals surface area contributed by atoms with Crippen LogP contribution >= 0.6 is 7.60 Å². The van der Waals surface area contributed by atoms with Crippen molar-refractivity contribution in [2.45, 2.75) is 81.4 Å². The monoisotopic (exact) mass is 359 g/mol. The third-order valence-electron chi connectivity index (χ3n) is 5.00. The fraction of sp³-hybridized carbons (Fsp3) is 0.895. The Kier molecular flexibility index (Phi) is 5.96. The fourth-order valence-electron chi connectivity index (χ4n) is 4.15. The summed E-state index contributed by atoms with van der Waals surface area (Å²) in [5, 5.41) is 0. The van der Waals surface area contributed by atoms with Crippen LogP contribution in [-0.4, -0.2) is 17.1 Å². The molecule has 4 nitrogen and oxygen atoms in total. The van der Waals surface area contributed by atoms with Crippen LogP contribution in [0, 0.1) is 28.1 Å².